The van der Waals surface area contributed by atoms with E-state index in [0.29, 0.717) is 48.4 Å². The highest BCUT2D eigenvalue weighted by Crippen LogP contribution is 2.25. The number of Topliss-reactive ketones (excluding diaryl/α,β-unsaturated/α-hetero) is 1. The first-order valence-corrected chi connectivity index (χ1v) is 12.2. The zero-order valence-electron chi connectivity index (χ0n) is 22.1. The molecular weight excluding hydrogens is 470 g/mol. The van der Waals surface area contributed by atoms with E-state index in [1.807, 2.05) is 32.0 Å². The van der Waals surface area contributed by atoms with Gasteiger partial charge in [-0.25, -0.2) is 13.8 Å². The van der Waals surface area contributed by atoms with Gasteiger partial charge in [0.05, 0.1) is 11.4 Å². The van der Waals surface area contributed by atoms with Crippen LogP contribution in [0.5, 0.6) is 0 Å². The molecule has 0 bridgehead atoms. The molecule has 0 aliphatic heterocycles. The molecule has 0 fully saturated rings. The summed E-state index contributed by atoms with van der Waals surface area (Å²) in [6.45, 7) is 7.28. The minimum atomic E-state index is -0.935. The molecule has 2 aromatic rings. The van der Waals surface area contributed by atoms with Gasteiger partial charge in [-0.05, 0) is 75.1 Å². The lowest BCUT2D eigenvalue weighted by molar-refractivity contribution is 0.0979. The fourth-order valence-corrected chi connectivity index (χ4v) is 3.60. The van der Waals surface area contributed by atoms with Crippen molar-refractivity contribution < 1.29 is 13.6 Å². The number of halogens is 2. The molecule has 2 rings (SSSR count). The van der Waals surface area contributed by atoms with E-state index in [1.165, 1.54) is 25.4 Å². The van der Waals surface area contributed by atoms with Crippen LogP contribution in [0.15, 0.2) is 58.8 Å². The molecule has 0 amide bonds. The summed E-state index contributed by atoms with van der Waals surface area (Å²) in [5, 5.41) is 5.89. The van der Waals surface area contributed by atoms with Gasteiger partial charge >= 0.3 is 0 Å². The van der Waals surface area contributed by atoms with Crippen molar-refractivity contribution in [3.8, 4) is 12.3 Å². The fourth-order valence-electron chi connectivity index (χ4n) is 3.60. The number of rotatable bonds is 11. The molecule has 0 unspecified atom stereocenters. The van der Waals surface area contributed by atoms with E-state index >= 15 is 0 Å². The number of benzene rings is 2. The highest BCUT2D eigenvalue weighted by molar-refractivity contribution is 6.45. The van der Waals surface area contributed by atoms with Crippen molar-refractivity contribution in [3.05, 3.63) is 77.1 Å². The second-order valence-corrected chi connectivity index (χ2v) is 8.36. The lowest BCUT2D eigenvalue weighted by Crippen LogP contribution is -2.21. The number of nitrogens with one attached hydrogen (secondary N) is 2. The van der Waals surface area contributed by atoms with Crippen LogP contribution in [-0.4, -0.2) is 24.4 Å². The molecule has 0 heterocycles. The Labute approximate surface area is 218 Å². The summed E-state index contributed by atoms with van der Waals surface area (Å²) < 4.78 is 28.7. The number of aryl methyl sites for hydroxylation is 1. The highest BCUT2D eigenvalue weighted by atomic mass is 19.2. The number of allylic oxidation sites excluding steroid dienone is 2. The van der Waals surface area contributed by atoms with Crippen molar-refractivity contribution in [1.82, 2.24) is 0 Å². The molecule has 0 saturated carbocycles. The Balaban J connectivity index is 2.32. The molecule has 0 saturated heterocycles. The van der Waals surface area contributed by atoms with Crippen LogP contribution in [0.4, 0.5) is 20.2 Å². The zero-order chi connectivity index (χ0) is 27.4. The molecule has 0 aromatic heterocycles. The smallest absolute Gasteiger partial charge is 0.182 e. The van der Waals surface area contributed by atoms with E-state index in [1.54, 1.807) is 26.1 Å². The monoisotopic (exact) mass is 504 g/mol. The van der Waals surface area contributed by atoms with Crippen LogP contribution in [0.3, 0.4) is 0 Å². The number of ketones is 1. The normalized spacial score (nSPS) is 12.5. The van der Waals surface area contributed by atoms with Gasteiger partial charge in [0.2, 0.25) is 0 Å². The van der Waals surface area contributed by atoms with Crippen LogP contribution in [0.25, 0.3) is 5.57 Å². The molecule has 2 aromatic carbocycles. The van der Waals surface area contributed by atoms with Crippen LogP contribution < -0.4 is 10.6 Å². The van der Waals surface area contributed by atoms with Gasteiger partial charge in [0.1, 0.15) is 0 Å². The van der Waals surface area contributed by atoms with E-state index in [4.69, 9.17) is 6.42 Å². The lowest BCUT2D eigenvalue weighted by Gasteiger charge is -2.13. The number of nitrogens with zero attached hydrogens (tertiary/aromatic N) is 2. The number of hydrogen-bond acceptors (Lipinski definition) is 4. The number of terminal acetylenes is 1. The second-order valence-electron chi connectivity index (χ2n) is 8.36. The maximum atomic E-state index is 14.5. The summed E-state index contributed by atoms with van der Waals surface area (Å²) >= 11 is 0. The number of unbranched alkanes of at least 4 members (excludes halogenated alkanes) is 1. The quantitative estimate of drug-likeness (QED) is 0.110. The lowest BCUT2D eigenvalue weighted by atomic mass is 9.97. The first-order chi connectivity index (χ1) is 17.8. The van der Waals surface area contributed by atoms with Crippen molar-refractivity contribution in [2.24, 2.45) is 9.98 Å². The standard InChI is InChI=1S/C30H34F2N4O/c1-7-10-11-12-27(37)25-14-13-23(18-22(25)9-3)36-30(34-17-8-2)21(5)35-19-20(4)24-15-16-26(33-6)29(32)28(24)31/h1,8,13-19,33H,9-12H2,2-6H3,(H,34,36)/b17-8-,20-19+,35-21?. The third-order valence-corrected chi connectivity index (χ3v) is 5.70. The zero-order valence-corrected chi connectivity index (χ0v) is 22.1. The second kappa shape index (κ2) is 14.5. The minimum absolute atomic E-state index is 0.0752. The van der Waals surface area contributed by atoms with Crippen LogP contribution >= 0.6 is 0 Å². The third kappa shape index (κ3) is 7.97. The van der Waals surface area contributed by atoms with E-state index in [-0.39, 0.29) is 17.0 Å². The summed E-state index contributed by atoms with van der Waals surface area (Å²) in [5.41, 5.74) is 3.59. The Morgan fingerprint density at radius 3 is 2.49 bits per heavy atom. The van der Waals surface area contributed by atoms with E-state index in [0.717, 1.165) is 11.3 Å². The SMILES string of the molecule is C#CCCCC(=O)c1ccc(NC(=N/C=C\C)C(C)=N/C=C(\C)c2ccc(NC)c(F)c2F)cc1CC. The minimum Gasteiger partial charge on any atom is -0.386 e. The van der Waals surface area contributed by atoms with Gasteiger partial charge in [-0.1, -0.05) is 13.0 Å². The van der Waals surface area contributed by atoms with Gasteiger partial charge in [-0.2, -0.15) is 0 Å². The summed E-state index contributed by atoms with van der Waals surface area (Å²) in [6, 6.07) is 8.56. The van der Waals surface area contributed by atoms with Crippen molar-refractivity contribution >= 4 is 34.3 Å². The van der Waals surface area contributed by atoms with Crippen LogP contribution in [0.1, 0.15) is 68.4 Å². The van der Waals surface area contributed by atoms with Gasteiger partial charge in [0, 0.05) is 49.1 Å². The molecule has 5 nitrogen and oxygen atoms in total. The topological polar surface area (TPSA) is 65.8 Å². The summed E-state index contributed by atoms with van der Waals surface area (Å²) in [7, 11) is 1.53. The molecule has 0 aliphatic carbocycles. The molecule has 2 N–H and O–H groups in total. The Kier molecular flexibility index (Phi) is 11.4. The molecule has 0 atom stereocenters. The first-order valence-electron chi connectivity index (χ1n) is 12.2. The number of amidine groups is 1. The number of aliphatic imine (C=N–C) groups is 2. The van der Waals surface area contributed by atoms with Gasteiger partial charge in [0.25, 0.3) is 0 Å². The first kappa shape index (κ1) is 29.2. The Morgan fingerprint density at radius 1 is 1.11 bits per heavy atom. The van der Waals surface area contributed by atoms with Gasteiger partial charge in [0.15, 0.2) is 23.3 Å². The highest BCUT2D eigenvalue weighted by Gasteiger charge is 2.14. The number of carbonyl (C=O) groups excluding carboxylic acids is 1. The molecule has 0 spiro atoms. The number of anilines is 2. The van der Waals surface area contributed by atoms with E-state index in [2.05, 4.69) is 26.5 Å². The molecule has 194 valence electrons. The average Bonchev–Trinajstić information content (AvgIpc) is 2.90. The predicted molar refractivity (Wildman–Crippen MR) is 151 cm³/mol. The summed E-state index contributed by atoms with van der Waals surface area (Å²) in [6.07, 6.45) is 12.5. The van der Waals surface area contributed by atoms with Gasteiger partial charge < -0.3 is 10.6 Å². The number of hydrogen-bond donors (Lipinski definition) is 2. The molecule has 37 heavy (non-hydrogen) atoms. The van der Waals surface area contributed by atoms with Crippen LogP contribution in [0.2, 0.25) is 0 Å². The largest absolute Gasteiger partial charge is 0.386 e. The maximum absolute atomic E-state index is 14.5. The number of carbonyl (C=O) groups is 1. The summed E-state index contributed by atoms with van der Waals surface area (Å²) in [4.78, 5) is 21.5. The summed E-state index contributed by atoms with van der Waals surface area (Å²) in [5.74, 6) is 1.25. The Morgan fingerprint density at radius 2 is 1.84 bits per heavy atom. The average molecular weight is 505 g/mol. The van der Waals surface area contributed by atoms with E-state index < -0.39 is 11.6 Å². The van der Waals surface area contributed by atoms with Crippen LogP contribution in [-0.2, 0) is 6.42 Å². The molecule has 0 aliphatic rings. The van der Waals surface area contributed by atoms with Crippen molar-refractivity contribution in [2.75, 3.05) is 17.7 Å². The Bertz CT molecular complexity index is 1280. The fraction of sp³-hybridized carbons (Fsp3) is 0.300. The Hall–Kier alpha value is -4.05. The van der Waals surface area contributed by atoms with Crippen LogP contribution in [0, 0.1) is 24.0 Å². The molecular formula is C30H34F2N4O. The molecule has 0 radical (unpaired) electrons. The van der Waals surface area contributed by atoms with Crippen molar-refractivity contribution in [2.45, 2.75) is 53.4 Å². The predicted octanol–water partition coefficient (Wildman–Crippen LogP) is 7.42. The molecule has 7 heteroatoms. The van der Waals surface area contributed by atoms with Crippen molar-refractivity contribution in [1.29, 1.82) is 0 Å². The van der Waals surface area contributed by atoms with E-state index in [9.17, 15) is 13.6 Å². The van der Waals surface area contributed by atoms with Crippen molar-refractivity contribution in [3.63, 3.8) is 0 Å². The maximum Gasteiger partial charge on any atom is 0.182 e. The van der Waals surface area contributed by atoms with Gasteiger partial charge in [-0.3, -0.25) is 9.79 Å². The van der Waals surface area contributed by atoms with Gasteiger partial charge in [-0.15, -0.1) is 12.3 Å². The third-order valence-electron chi connectivity index (χ3n) is 5.70.